The summed E-state index contributed by atoms with van der Waals surface area (Å²) in [6.45, 7) is 2.30. The van der Waals surface area contributed by atoms with E-state index in [0.29, 0.717) is 35.8 Å². The molecule has 3 aliphatic carbocycles. The third-order valence-corrected chi connectivity index (χ3v) is 7.21. The maximum atomic E-state index is 10.4. The first-order chi connectivity index (χ1) is 11.6. The Kier molecular flexibility index (Phi) is 6.44. The van der Waals surface area contributed by atoms with Gasteiger partial charge in [0, 0.05) is 0 Å². The van der Waals surface area contributed by atoms with Crippen molar-refractivity contribution in [3.63, 3.8) is 0 Å². The Morgan fingerprint density at radius 1 is 1.24 bits per heavy atom. The van der Waals surface area contributed by atoms with Crippen molar-refractivity contribution in [3.8, 4) is 5.75 Å². The van der Waals surface area contributed by atoms with E-state index in [0.717, 1.165) is 25.7 Å². The summed E-state index contributed by atoms with van der Waals surface area (Å²) in [5.74, 6) is 2.60. The molecule has 5 atom stereocenters. The van der Waals surface area contributed by atoms with Crippen LogP contribution in [0, 0.1) is 17.3 Å². The number of aryl methyl sites for hydroxylation is 1. The van der Waals surface area contributed by atoms with Crippen molar-refractivity contribution in [2.75, 3.05) is 0 Å². The van der Waals surface area contributed by atoms with Crippen molar-refractivity contribution in [1.82, 2.24) is 0 Å². The molecule has 0 heterocycles. The first-order valence-corrected chi connectivity index (χ1v) is 9.41. The molecule has 4 unspecified atom stereocenters. The Hall–Kier alpha value is 0.210. The molecular formula is C18H23NaO5S. The zero-order chi connectivity index (χ0) is 16.7. The van der Waals surface area contributed by atoms with Gasteiger partial charge in [-0.1, -0.05) is 13.0 Å². The fourth-order valence-electron chi connectivity index (χ4n) is 5.65. The van der Waals surface area contributed by atoms with Crippen LogP contribution in [0.4, 0.5) is 0 Å². The Bertz CT molecular complexity index is 615. The van der Waals surface area contributed by atoms with Gasteiger partial charge in [0.15, 0.2) is 0 Å². The SMILES string of the molecule is C[C@]12CCC3c4ccc(OSOO[O-])cc4CCC3C1CCC2O.[Na+]. The minimum absolute atomic E-state index is 0. The first-order valence-electron chi connectivity index (χ1n) is 8.74. The van der Waals surface area contributed by atoms with E-state index in [-0.39, 0.29) is 41.1 Å². The largest absolute Gasteiger partial charge is 1.00 e. The zero-order valence-corrected chi connectivity index (χ0v) is 17.6. The summed E-state index contributed by atoms with van der Waals surface area (Å²) in [6.07, 6.45) is 6.50. The number of hydrogen-bond donors (Lipinski definition) is 1. The molecular weight excluding hydrogens is 351 g/mol. The molecule has 3 aliphatic rings. The summed E-state index contributed by atoms with van der Waals surface area (Å²) in [5.41, 5.74) is 2.89. The molecule has 0 aromatic heterocycles. The van der Waals surface area contributed by atoms with Crippen molar-refractivity contribution in [1.29, 1.82) is 0 Å². The molecule has 25 heavy (non-hydrogen) atoms. The molecule has 1 aromatic carbocycles. The molecule has 5 nitrogen and oxygen atoms in total. The molecule has 132 valence electrons. The van der Waals surface area contributed by atoms with E-state index in [1.54, 1.807) is 0 Å². The molecule has 0 amide bonds. The summed E-state index contributed by atoms with van der Waals surface area (Å²) in [6, 6.07) is 6.14. The van der Waals surface area contributed by atoms with Crippen LogP contribution in [0.25, 0.3) is 0 Å². The van der Waals surface area contributed by atoms with Gasteiger partial charge in [0.05, 0.1) is 6.10 Å². The molecule has 4 rings (SSSR count). The molecule has 0 bridgehead atoms. The van der Waals surface area contributed by atoms with Gasteiger partial charge in [0.25, 0.3) is 12.3 Å². The molecule has 0 spiro atoms. The van der Waals surface area contributed by atoms with Gasteiger partial charge in [-0.3, -0.25) is 5.04 Å². The standard InChI is InChI=1S/C18H24O5S.Na/c1-18-9-8-14-13-5-3-12(21-24-23-22-20)10-11(13)2-4-15(14)16(18)6-7-17(18)19;/h3,5,10,14-17,19-20H,2,4,6-9H2,1H3;/q;+1/p-1/t14?,15?,16?,17?,18-;/m0./s1. The van der Waals surface area contributed by atoms with Crippen LogP contribution in [0.5, 0.6) is 5.75 Å². The van der Waals surface area contributed by atoms with Crippen LogP contribution < -0.4 is 39.0 Å². The predicted molar refractivity (Wildman–Crippen MR) is 87.5 cm³/mol. The monoisotopic (exact) mass is 374 g/mol. The quantitative estimate of drug-likeness (QED) is 0.265. The van der Waals surface area contributed by atoms with Gasteiger partial charge >= 0.3 is 29.6 Å². The van der Waals surface area contributed by atoms with Gasteiger partial charge in [-0.05, 0) is 85.0 Å². The second-order valence-corrected chi connectivity index (χ2v) is 8.14. The van der Waals surface area contributed by atoms with Gasteiger partial charge < -0.3 is 14.5 Å². The Morgan fingerprint density at radius 2 is 2.08 bits per heavy atom. The van der Waals surface area contributed by atoms with E-state index in [1.165, 1.54) is 24.0 Å². The van der Waals surface area contributed by atoms with Gasteiger partial charge in [0.2, 0.25) is 0 Å². The topological polar surface area (TPSA) is 71.0 Å². The van der Waals surface area contributed by atoms with E-state index in [1.807, 2.05) is 12.1 Å². The van der Waals surface area contributed by atoms with Crippen LogP contribution in [0.2, 0.25) is 0 Å². The smallest absolute Gasteiger partial charge is 0.691 e. The molecule has 2 fully saturated rings. The fourth-order valence-corrected chi connectivity index (χ4v) is 5.88. The van der Waals surface area contributed by atoms with E-state index in [9.17, 15) is 10.4 Å². The summed E-state index contributed by atoms with van der Waals surface area (Å²) >= 11 is 0.530. The Morgan fingerprint density at radius 3 is 2.88 bits per heavy atom. The third-order valence-electron chi connectivity index (χ3n) is 6.83. The minimum atomic E-state index is -0.124. The number of benzene rings is 1. The van der Waals surface area contributed by atoms with Gasteiger partial charge in [-0.2, -0.15) is 0 Å². The average molecular weight is 374 g/mol. The average Bonchev–Trinajstić information content (AvgIpc) is 2.90. The van der Waals surface area contributed by atoms with Crippen LogP contribution >= 0.6 is 12.3 Å². The van der Waals surface area contributed by atoms with Gasteiger partial charge in [-0.25, -0.2) is 0 Å². The number of fused-ring (bicyclic) bond motifs is 5. The molecule has 0 saturated heterocycles. The van der Waals surface area contributed by atoms with Crippen molar-refractivity contribution in [2.45, 2.75) is 57.5 Å². The molecule has 0 aliphatic heterocycles. The van der Waals surface area contributed by atoms with E-state index in [4.69, 9.17) is 4.18 Å². The Labute approximate surface area is 175 Å². The van der Waals surface area contributed by atoms with Crippen LogP contribution in [-0.4, -0.2) is 11.2 Å². The minimum Gasteiger partial charge on any atom is -0.691 e. The number of aliphatic hydroxyl groups is 1. The van der Waals surface area contributed by atoms with Gasteiger partial charge in [-0.15, -0.1) is 4.33 Å². The number of aliphatic hydroxyl groups excluding tert-OH is 1. The van der Waals surface area contributed by atoms with Crippen LogP contribution in [-0.2, 0) is 15.8 Å². The third kappa shape index (κ3) is 3.52. The second-order valence-electron chi connectivity index (χ2n) is 7.70. The molecule has 2 saturated carbocycles. The van der Waals surface area contributed by atoms with E-state index < -0.39 is 0 Å². The van der Waals surface area contributed by atoms with Crippen molar-refractivity contribution in [3.05, 3.63) is 29.3 Å². The molecule has 1 N–H and O–H groups in total. The summed E-state index contributed by atoms with van der Waals surface area (Å²) < 4.78 is 9.44. The molecule has 1 aromatic rings. The molecule has 7 heteroatoms. The molecule has 0 radical (unpaired) electrons. The van der Waals surface area contributed by atoms with Crippen molar-refractivity contribution in [2.24, 2.45) is 17.3 Å². The van der Waals surface area contributed by atoms with Crippen LogP contribution in [0.3, 0.4) is 0 Å². The maximum absolute atomic E-state index is 10.4. The van der Waals surface area contributed by atoms with Crippen molar-refractivity contribution >= 4 is 12.3 Å². The zero-order valence-electron chi connectivity index (χ0n) is 14.8. The Balaban J connectivity index is 0.00000182. The van der Waals surface area contributed by atoms with E-state index >= 15 is 0 Å². The predicted octanol–water partition coefficient (Wildman–Crippen LogP) is 0.0731. The summed E-state index contributed by atoms with van der Waals surface area (Å²) in [4.78, 5) is 0. The maximum Gasteiger partial charge on any atom is 1.00 e. The van der Waals surface area contributed by atoms with Crippen LogP contribution in [0.15, 0.2) is 18.2 Å². The number of hydrogen-bond acceptors (Lipinski definition) is 6. The van der Waals surface area contributed by atoms with Crippen molar-refractivity contribution < 1.29 is 53.5 Å². The first kappa shape index (κ1) is 20.0. The van der Waals surface area contributed by atoms with Gasteiger partial charge in [0.1, 0.15) is 5.75 Å². The second kappa shape index (κ2) is 8.07. The normalized spacial score (nSPS) is 36.0. The van der Waals surface area contributed by atoms with E-state index in [2.05, 4.69) is 22.4 Å². The fraction of sp³-hybridized carbons (Fsp3) is 0.667. The number of rotatable bonds is 4. The van der Waals surface area contributed by atoms with Crippen LogP contribution in [0.1, 0.15) is 56.1 Å². The summed E-state index contributed by atoms with van der Waals surface area (Å²) in [7, 11) is 0. The summed E-state index contributed by atoms with van der Waals surface area (Å²) in [5, 5.41) is 23.5.